The van der Waals surface area contributed by atoms with Crippen LogP contribution in [0.25, 0.3) is 0 Å². The van der Waals surface area contributed by atoms with Crippen molar-refractivity contribution in [3.05, 3.63) is 35.4 Å². The van der Waals surface area contributed by atoms with Crippen LogP contribution in [-0.2, 0) is 6.42 Å². The Morgan fingerprint density at radius 2 is 1.73 bits per heavy atom. The van der Waals surface area contributed by atoms with Gasteiger partial charge in [0.15, 0.2) is 0 Å². The molecule has 0 unspecified atom stereocenters. The first-order valence-corrected chi connectivity index (χ1v) is 6.09. The van der Waals surface area contributed by atoms with E-state index in [9.17, 15) is 0 Å². The van der Waals surface area contributed by atoms with Crippen molar-refractivity contribution in [3.63, 3.8) is 0 Å². The van der Waals surface area contributed by atoms with Gasteiger partial charge >= 0.3 is 0 Å². The lowest BCUT2D eigenvalue weighted by Crippen LogP contribution is -2.13. The second kappa shape index (κ2) is 7.47. The van der Waals surface area contributed by atoms with E-state index < -0.39 is 0 Å². The third-order valence-electron chi connectivity index (χ3n) is 2.69. The minimum Gasteiger partial charge on any atom is -0.317 e. The third kappa shape index (κ3) is 5.58. The molecule has 0 heterocycles. The molecule has 0 bridgehead atoms. The van der Waals surface area contributed by atoms with E-state index in [0.29, 0.717) is 0 Å². The monoisotopic (exact) mass is 205 g/mol. The molecular formula is C14H23N. The molecule has 0 aliphatic heterocycles. The summed E-state index contributed by atoms with van der Waals surface area (Å²) in [4.78, 5) is 0. The predicted octanol–water partition coefficient (Wildman–Crippen LogP) is 3.32. The van der Waals surface area contributed by atoms with E-state index in [1.807, 2.05) is 0 Å². The first kappa shape index (κ1) is 12.3. The number of nitrogens with one attached hydrogen (secondary N) is 1. The lowest BCUT2D eigenvalue weighted by molar-refractivity contribution is 0.616. The number of unbranched alkanes of at least 4 members (excludes halogenated alkanes) is 2. The first-order valence-electron chi connectivity index (χ1n) is 6.09. The summed E-state index contributed by atoms with van der Waals surface area (Å²) in [6, 6.07) is 8.90. The van der Waals surface area contributed by atoms with Crippen LogP contribution >= 0.6 is 0 Å². The van der Waals surface area contributed by atoms with Gasteiger partial charge in [-0.05, 0) is 44.8 Å². The van der Waals surface area contributed by atoms with E-state index in [-0.39, 0.29) is 0 Å². The average molecular weight is 205 g/mol. The third-order valence-corrected chi connectivity index (χ3v) is 2.69. The van der Waals surface area contributed by atoms with Gasteiger partial charge < -0.3 is 5.32 Å². The summed E-state index contributed by atoms with van der Waals surface area (Å²) >= 11 is 0. The minimum atomic E-state index is 1.10. The van der Waals surface area contributed by atoms with Gasteiger partial charge in [-0.3, -0.25) is 0 Å². The molecule has 1 nitrogen and oxygen atoms in total. The van der Waals surface area contributed by atoms with E-state index in [2.05, 4.69) is 43.4 Å². The van der Waals surface area contributed by atoms with Crippen molar-refractivity contribution in [3.8, 4) is 0 Å². The summed E-state index contributed by atoms with van der Waals surface area (Å²) in [5, 5.41) is 3.35. The van der Waals surface area contributed by atoms with Gasteiger partial charge in [0.2, 0.25) is 0 Å². The SMILES string of the molecule is CCNCCCCCc1ccc(C)cc1. The molecule has 1 aromatic rings. The molecule has 0 radical (unpaired) electrons. The Morgan fingerprint density at radius 3 is 2.40 bits per heavy atom. The topological polar surface area (TPSA) is 12.0 Å². The van der Waals surface area contributed by atoms with Gasteiger partial charge in [0.05, 0.1) is 0 Å². The predicted molar refractivity (Wildman–Crippen MR) is 67.3 cm³/mol. The van der Waals surface area contributed by atoms with Gasteiger partial charge in [0, 0.05) is 0 Å². The summed E-state index contributed by atoms with van der Waals surface area (Å²) in [6.07, 6.45) is 5.18. The molecule has 1 aromatic carbocycles. The fraction of sp³-hybridized carbons (Fsp3) is 0.571. The number of hydrogen-bond acceptors (Lipinski definition) is 1. The van der Waals surface area contributed by atoms with Crippen LogP contribution in [-0.4, -0.2) is 13.1 Å². The maximum atomic E-state index is 3.35. The molecule has 0 aromatic heterocycles. The summed E-state index contributed by atoms with van der Waals surface area (Å²) in [5.74, 6) is 0. The Labute approximate surface area is 93.9 Å². The molecule has 1 N–H and O–H groups in total. The highest BCUT2D eigenvalue weighted by atomic mass is 14.8. The first-order chi connectivity index (χ1) is 7.33. The maximum Gasteiger partial charge on any atom is -0.00490 e. The standard InChI is InChI=1S/C14H23N/c1-3-15-12-6-4-5-7-14-10-8-13(2)9-11-14/h8-11,15H,3-7,12H2,1-2H3. The van der Waals surface area contributed by atoms with E-state index in [1.54, 1.807) is 0 Å². The molecule has 0 aliphatic carbocycles. The molecule has 1 rings (SSSR count). The highest BCUT2D eigenvalue weighted by Crippen LogP contribution is 2.07. The van der Waals surface area contributed by atoms with Gasteiger partial charge in [-0.2, -0.15) is 0 Å². The van der Waals surface area contributed by atoms with Crippen molar-refractivity contribution >= 4 is 0 Å². The van der Waals surface area contributed by atoms with E-state index in [0.717, 1.165) is 6.54 Å². The van der Waals surface area contributed by atoms with Gasteiger partial charge in [0.1, 0.15) is 0 Å². The maximum absolute atomic E-state index is 3.35. The molecule has 0 spiro atoms. The number of aryl methyl sites for hydroxylation is 2. The molecule has 1 heteroatoms. The number of rotatable bonds is 7. The van der Waals surface area contributed by atoms with Crippen LogP contribution in [0.1, 0.15) is 37.3 Å². The van der Waals surface area contributed by atoms with Crippen LogP contribution < -0.4 is 5.32 Å². The Balaban J connectivity index is 2.07. The van der Waals surface area contributed by atoms with Crippen molar-refractivity contribution < 1.29 is 0 Å². The van der Waals surface area contributed by atoms with Crippen LogP contribution in [0, 0.1) is 6.92 Å². The van der Waals surface area contributed by atoms with Crippen molar-refractivity contribution in [1.29, 1.82) is 0 Å². The van der Waals surface area contributed by atoms with Gasteiger partial charge in [-0.1, -0.05) is 43.2 Å². The molecule has 0 aliphatic rings. The van der Waals surface area contributed by atoms with Crippen molar-refractivity contribution in [2.45, 2.75) is 39.5 Å². The smallest absolute Gasteiger partial charge is 0.00490 e. The fourth-order valence-corrected chi connectivity index (χ4v) is 1.69. The molecule has 0 saturated heterocycles. The minimum absolute atomic E-state index is 1.10. The molecule has 84 valence electrons. The lowest BCUT2D eigenvalue weighted by atomic mass is 10.1. The van der Waals surface area contributed by atoms with Crippen LogP contribution in [0.3, 0.4) is 0 Å². The quantitative estimate of drug-likeness (QED) is 0.673. The lowest BCUT2D eigenvalue weighted by Gasteiger charge is -2.03. The van der Waals surface area contributed by atoms with E-state index in [1.165, 1.54) is 43.4 Å². The normalized spacial score (nSPS) is 10.5. The van der Waals surface area contributed by atoms with Crippen molar-refractivity contribution in [2.75, 3.05) is 13.1 Å². The summed E-state index contributed by atoms with van der Waals surface area (Å²) in [6.45, 7) is 6.56. The summed E-state index contributed by atoms with van der Waals surface area (Å²) in [5.41, 5.74) is 2.83. The summed E-state index contributed by atoms with van der Waals surface area (Å²) in [7, 11) is 0. The van der Waals surface area contributed by atoms with Crippen molar-refractivity contribution in [1.82, 2.24) is 5.32 Å². The van der Waals surface area contributed by atoms with Crippen molar-refractivity contribution in [2.24, 2.45) is 0 Å². The molecular weight excluding hydrogens is 182 g/mol. The Morgan fingerprint density at radius 1 is 1.00 bits per heavy atom. The second-order valence-electron chi connectivity index (χ2n) is 4.15. The van der Waals surface area contributed by atoms with Crippen LogP contribution in [0.4, 0.5) is 0 Å². The second-order valence-corrected chi connectivity index (χ2v) is 4.15. The average Bonchev–Trinajstić information content (AvgIpc) is 2.26. The van der Waals surface area contributed by atoms with Crippen LogP contribution in [0.5, 0.6) is 0 Å². The molecule has 0 fully saturated rings. The van der Waals surface area contributed by atoms with Gasteiger partial charge in [0.25, 0.3) is 0 Å². The Kier molecular flexibility index (Phi) is 6.10. The highest BCUT2D eigenvalue weighted by Gasteiger charge is 1.93. The van der Waals surface area contributed by atoms with Crippen LogP contribution in [0.2, 0.25) is 0 Å². The highest BCUT2D eigenvalue weighted by molar-refractivity contribution is 5.21. The Hall–Kier alpha value is -0.820. The largest absolute Gasteiger partial charge is 0.317 e. The zero-order valence-corrected chi connectivity index (χ0v) is 10.1. The zero-order chi connectivity index (χ0) is 10.9. The molecule has 0 atom stereocenters. The zero-order valence-electron chi connectivity index (χ0n) is 10.1. The fourth-order valence-electron chi connectivity index (χ4n) is 1.69. The Bertz CT molecular complexity index is 251. The van der Waals surface area contributed by atoms with E-state index in [4.69, 9.17) is 0 Å². The molecule has 15 heavy (non-hydrogen) atoms. The molecule has 0 amide bonds. The van der Waals surface area contributed by atoms with Gasteiger partial charge in [-0.25, -0.2) is 0 Å². The van der Waals surface area contributed by atoms with Gasteiger partial charge in [-0.15, -0.1) is 0 Å². The number of hydrogen-bond donors (Lipinski definition) is 1. The number of benzene rings is 1. The summed E-state index contributed by atoms with van der Waals surface area (Å²) < 4.78 is 0. The van der Waals surface area contributed by atoms with E-state index >= 15 is 0 Å². The van der Waals surface area contributed by atoms with Crippen LogP contribution in [0.15, 0.2) is 24.3 Å². The molecule has 0 saturated carbocycles.